The summed E-state index contributed by atoms with van der Waals surface area (Å²) in [6.07, 6.45) is 6.40. The molecule has 0 spiro atoms. The molecule has 0 radical (unpaired) electrons. The predicted octanol–water partition coefficient (Wildman–Crippen LogP) is 3.40. The summed E-state index contributed by atoms with van der Waals surface area (Å²) in [4.78, 5) is 0. The van der Waals surface area contributed by atoms with E-state index in [4.69, 9.17) is 0 Å². The summed E-state index contributed by atoms with van der Waals surface area (Å²) in [5, 5.41) is 3.75. The maximum Gasteiger partial charge on any atom is 0.00722 e. The van der Waals surface area contributed by atoms with Gasteiger partial charge in [0.2, 0.25) is 0 Å². The van der Waals surface area contributed by atoms with Gasteiger partial charge >= 0.3 is 0 Å². The first-order chi connectivity index (χ1) is 7.11. The summed E-state index contributed by atoms with van der Waals surface area (Å²) in [5.41, 5.74) is 0. The fraction of sp³-hybridized carbons (Fsp3) is 1.00. The van der Waals surface area contributed by atoms with Crippen molar-refractivity contribution in [2.45, 2.75) is 46.1 Å². The maximum absolute atomic E-state index is 3.75. The number of rotatable bonds is 5. The second-order valence-electron chi connectivity index (χ2n) is 5.58. The second-order valence-corrected chi connectivity index (χ2v) is 6.49. The molecule has 0 aromatic carbocycles. The molecule has 0 bridgehead atoms. The summed E-state index contributed by atoms with van der Waals surface area (Å²) in [6.45, 7) is 8.34. The van der Waals surface area contributed by atoms with E-state index in [-0.39, 0.29) is 0 Å². The van der Waals surface area contributed by atoms with Crippen molar-refractivity contribution in [3.8, 4) is 0 Å². The van der Waals surface area contributed by atoms with Gasteiger partial charge in [0.25, 0.3) is 0 Å². The first-order valence-electron chi connectivity index (χ1n) is 6.34. The molecule has 1 N–H and O–H groups in total. The predicted molar refractivity (Wildman–Crippen MR) is 71.5 cm³/mol. The van der Waals surface area contributed by atoms with Crippen LogP contribution in [0.5, 0.6) is 0 Å². The van der Waals surface area contributed by atoms with Crippen LogP contribution >= 0.6 is 11.8 Å². The van der Waals surface area contributed by atoms with Gasteiger partial charge in [-0.3, -0.25) is 0 Å². The van der Waals surface area contributed by atoms with Gasteiger partial charge in [0.15, 0.2) is 0 Å². The highest BCUT2D eigenvalue weighted by molar-refractivity contribution is 7.98. The third-order valence-electron chi connectivity index (χ3n) is 3.38. The van der Waals surface area contributed by atoms with E-state index in [0.29, 0.717) is 0 Å². The summed E-state index contributed by atoms with van der Waals surface area (Å²) >= 11 is 1.96. The SMILES string of the molecule is CSCC(C)CNC1CC(C)CC(C)C1. The molecule has 1 fully saturated rings. The fourth-order valence-electron chi connectivity index (χ4n) is 2.82. The monoisotopic (exact) mass is 229 g/mol. The standard InChI is InChI=1S/C13H27NS/c1-10-5-11(2)7-13(6-10)14-8-12(3)9-15-4/h10-14H,5-9H2,1-4H3. The molecule has 90 valence electrons. The Hall–Kier alpha value is 0.310. The molecule has 0 aromatic rings. The third-order valence-corrected chi connectivity index (χ3v) is 4.29. The van der Waals surface area contributed by atoms with Gasteiger partial charge in [-0.2, -0.15) is 11.8 Å². The highest BCUT2D eigenvalue weighted by Gasteiger charge is 2.23. The van der Waals surface area contributed by atoms with Crippen molar-refractivity contribution in [1.29, 1.82) is 0 Å². The highest BCUT2D eigenvalue weighted by Crippen LogP contribution is 2.28. The van der Waals surface area contributed by atoms with Crippen molar-refractivity contribution in [3.63, 3.8) is 0 Å². The molecule has 0 aromatic heterocycles. The first-order valence-corrected chi connectivity index (χ1v) is 7.73. The molecule has 1 aliphatic carbocycles. The van der Waals surface area contributed by atoms with Crippen LogP contribution in [0.25, 0.3) is 0 Å². The Labute approximate surface area is 99.8 Å². The zero-order valence-electron chi connectivity index (χ0n) is 10.8. The minimum Gasteiger partial charge on any atom is -0.314 e. The lowest BCUT2D eigenvalue weighted by Crippen LogP contribution is -2.38. The minimum absolute atomic E-state index is 0.785. The Morgan fingerprint density at radius 1 is 1.20 bits per heavy atom. The molecule has 0 aliphatic heterocycles. The van der Waals surface area contributed by atoms with E-state index in [1.165, 1.54) is 31.6 Å². The van der Waals surface area contributed by atoms with Gasteiger partial charge in [-0.05, 0) is 55.6 Å². The van der Waals surface area contributed by atoms with E-state index in [1.54, 1.807) is 0 Å². The van der Waals surface area contributed by atoms with Crippen LogP contribution in [0.15, 0.2) is 0 Å². The Balaban J connectivity index is 2.20. The van der Waals surface area contributed by atoms with Crippen LogP contribution in [0.2, 0.25) is 0 Å². The number of thioether (sulfide) groups is 1. The largest absolute Gasteiger partial charge is 0.314 e. The summed E-state index contributed by atoms with van der Waals surface area (Å²) in [7, 11) is 0. The fourth-order valence-corrected chi connectivity index (χ4v) is 3.51. The molecule has 3 atom stereocenters. The molecular weight excluding hydrogens is 202 g/mol. The molecule has 1 saturated carbocycles. The van der Waals surface area contributed by atoms with Gasteiger partial charge in [0.1, 0.15) is 0 Å². The van der Waals surface area contributed by atoms with Gasteiger partial charge < -0.3 is 5.32 Å². The summed E-state index contributed by atoms with van der Waals surface area (Å²) in [6, 6.07) is 0.785. The van der Waals surface area contributed by atoms with E-state index in [0.717, 1.165) is 23.8 Å². The smallest absolute Gasteiger partial charge is 0.00722 e. The molecule has 3 unspecified atom stereocenters. The lowest BCUT2D eigenvalue weighted by Gasteiger charge is -2.32. The Bertz CT molecular complexity index is 162. The van der Waals surface area contributed by atoms with E-state index >= 15 is 0 Å². The normalized spacial score (nSPS) is 34.0. The molecule has 1 aliphatic rings. The van der Waals surface area contributed by atoms with Crippen molar-refractivity contribution in [3.05, 3.63) is 0 Å². The maximum atomic E-state index is 3.75. The van der Waals surface area contributed by atoms with Gasteiger partial charge in [-0.15, -0.1) is 0 Å². The molecule has 0 amide bonds. The van der Waals surface area contributed by atoms with Crippen LogP contribution in [0.1, 0.15) is 40.0 Å². The van der Waals surface area contributed by atoms with Crippen LogP contribution in [0.3, 0.4) is 0 Å². The van der Waals surface area contributed by atoms with E-state index < -0.39 is 0 Å². The van der Waals surface area contributed by atoms with E-state index in [1.807, 2.05) is 11.8 Å². The lowest BCUT2D eigenvalue weighted by atomic mass is 9.80. The van der Waals surface area contributed by atoms with E-state index in [9.17, 15) is 0 Å². The van der Waals surface area contributed by atoms with Gasteiger partial charge in [-0.1, -0.05) is 20.8 Å². The average Bonchev–Trinajstić information content (AvgIpc) is 2.14. The molecule has 2 heteroatoms. The summed E-state index contributed by atoms with van der Waals surface area (Å²) < 4.78 is 0. The minimum atomic E-state index is 0.785. The van der Waals surface area contributed by atoms with Crippen LogP contribution in [0, 0.1) is 17.8 Å². The topological polar surface area (TPSA) is 12.0 Å². The van der Waals surface area contributed by atoms with Gasteiger partial charge in [0, 0.05) is 6.04 Å². The molecule has 0 saturated heterocycles. The first kappa shape index (κ1) is 13.4. The van der Waals surface area contributed by atoms with Crippen molar-refractivity contribution < 1.29 is 0 Å². The number of hydrogen-bond donors (Lipinski definition) is 1. The van der Waals surface area contributed by atoms with Gasteiger partial charge in [0.05, 0.1) is 0 Å². The highest BCUT2D eigenvalue weighted by atomic mass is 32.2. The zero-order chi connectivity index (χ0) is 11.3. The Kier molecular flexibility index (Phi) is 6.06. The summed E-state index contributed by atoms with van der Waals surface area (Å²) in [5.74, 6) is 3.93. The van der Waals surface area contributed by atoms with Crippen LogP contribution in [-0.4, -0.2) is 24.6 Å². The quantitative estimate of drug-likeness (QED) is 0.775. The van der Waals surface area contributed by atoms with Crippen LogP contribution in [-0.2, 0) is 0 Å². The lowest BCUT2D eigenvalue weighted by molar-refractivity contribution is 0.235. The van der Waals surface area contributed by atoms with Crippen molar-refractivity contribution in [1.82, 2.24) is 5.32 Å². The van der Waals surface area contributed by atoms with E-state index in [2.05, 4.69) is 32.3 Å². The van der Waals surface area contributed by atoms with Crippen molar-refractivity contribution >= 4 is 11.8 Å². The Morgan fingerprint density at radius 2 is 1.80 bits per heavy atom. The number of hydrogen-bond acceptors (Lipinski definition) is 2. The third kappa shape index (κ3) is 5.26. The van der Waals surface area contributed by atoms with Crippen molar-refractivity contribution in [2.75, 3.05) is 18.6 Å². The Morgan fingerprint density at radius 3 is 2.33 bits per heavy atom. The molecule has 1 nitrogen and oxygen atoms in total. The van der Waals surface area contributed by atoms with Gasteiger partial charge in [-0.25, -0.2) is 0 Å². The molecule has 1 rings (SSSR count). The number of nitrogens with one attached hydrogen (secondary N) is 1. The second kappa shape index (κ2) is 6.80. The van der Waals surface area contributed by atoms with Crippen LogP contribution < -0.4 is 5.32 Å². The average molecular weight is 229 g/mol. The molecule has 0 heterocycles. The van der Waals surface area contributed by atoms with Crippen molar-refractivity contribution in [2.24, 2.45) is 17.8 Å². The van der Waals surface area contributed by atoms with Crippen LogP contribution in [0.4, 0.5) is 0 Å². The zero-order valence-corrected chi connectivity index (χ0v) is 11.6. The molecule has 15 heavy (non-hydrogen) atoms. The molecular formula is C13H27NS.